The lowest BCUT2D eigenvalue weighted by Crippen LogP contribution is -2.15. The number of furan rings is 1. The SMILES string of the molecule is CC1(C)c2ccccc2-c2ccc3c(c21)c1ccccc1n3-c1ccc2oc3ccc(-n4c5ccccc5c5cc(C#N)ccc54)cc3c2c1. The van der Waals surface area contributed by atoms with Crippen molar-refractivity contribution in [2.24, 2.45) is 0 Å². The zero-order chi connectivity index (χ0) is 33.3. The van der Waals surface area contributed by atoms with E-state index in [4.69, 9.17) is 4.42 Å². The summed E-state index contributed by atoms with van der Waals surface area (Å²) >= 11 is 0. The van der Waals surface area contributed by atoms with Crippen LogP contribution in [0.5, 0.6) is 0 Å². The number of aromatic nitrogens is 2. The Hall–Kier alpha value is -6.57. The van der Waals surface area contributed by atoms with Crippen molar-refractivity contribution in [3.63, 3.8) is 0 Å². The van der Waals surface area contributed by atoms with E-state index in [-0.39, 0.29) is 5.41 Å². The van der Waals surface area contributed by atoms with Gasteiger partial charge in [0.25, 0.3) is 0 Å². The van der Waals surface area contributed by atoms with E-state index in [0.717, 1.165) is 55.1 Å². The van der Waals surface area contributed by atoms with Gasteiger partial charge in [0.05, 0.1) is 33.7 Å². The second kappa shape index (κ2) is 9.53. The van der Waals surface area contributed by atoms with Gasteiger partial charge in [0, 0.05) is 49.1 Å². The molecule has 11 rings (SSSR count). The highest BCUT2D eigenvalue weighted by Gasteiger charge is 2.38. The van der Waals surface area contributed by atoms with Gasteiger partial charge in [0.2, 0.25) is 0 Å². The highest BCUT2D eigenvalue weighted by molar-refractivity contribution is 6.15. The van der Waals surface area contributed by atoms with E-state index in [0.29, 0.717) is 5.56 Å². The van der Waals surface area contributed by atoms with E-state index >= 15 is 0 Å². The lowest BCUT2D eigenvalue weighted by atomic mass is 9.80. The molecular formula is C46H29N3O. The van der Waals surface area contributed by atoms with E-state index < -0.39 is 0 Å². The summed E-state index contributed by atoms with van der Waals surface area (Å²) in [6, 6.07) is 52.0. The molecule has 50 heavy (non-hydrogen) atoms. The Bertz CT molecular complexity index is 3140. The number of nitrogens with zero attached hydrogens (tertiary/aromatic N) is 3. The molecule has 0 aliphatic heterocycles. The summed E-state index contributed by atoms with van der Waals surface area (Å²) in [4.78, 5) is 0. The second-order valence-electron chi connectivity index (χ2n) is 14.1. The van der Waals surface area contributed by atoms with Crippen molar-refractivity contribution in [3.05, 3.63) is 156 Å². The third kappa shape index (κ3) is 3.43. The standard InChI is InChI=1S/C46H29N3O/c1-46(2)37-12-6-3-9-30(37)32-18-20-41-44(45(32)46)33-11-5-8-14-39(33)49(41)29-17-22-43-36(25-29)35-24-28(16-21-42(35)50-43)48-38-13-7-4-10-31(38)34-23-27(26-47)15-19-40(34)48/h3-25H,1-2H3. The van der Waals surface area contributed by atoms with Crippen molar-refractivity contribution in [1.29, 1.82) is 5.26 Å². The number of fused-ring (bicyclic) bond motifs is 13. The molecule has 7 aromatic carbocycles. The molecule has 0 spiro atoms. The first-order valence-electron chi connectivity index (χ1n) is 17.1. The maximum Gasteiger partial charge on any atom is 0.135 e. The number of nitriles is 1. The zero-order valence-corrected chi connectivity index (χ0v) is 27.5. The second-order valence-corrected chi connectivity index (χ2v) is 14.1. The first kappa shape index (κ1) is 27.4. The Kier molecular flexibility index (Phi) is 5.22. The predicted octanol–water partition coefficient (Wildman–Crippen LogP) is 12.0. The van der Waals surface area contributed by atoms with Crippen LogP contribution in [0, 0.1) is 11.3 Å². The Morgan fingerprint density at radius 3 is 1.86 bits per heavy atom. The lowest BCUT2D eigenvalue weighted by molar-refractivity contribution is 0.666. The van der Waals surface area contributed by atoms with Gasteiger partial charge in [-0.25, -0.2) is 0 Å². The van der Waals surface area contributed by atoms with Crippen LogP contribution < -0.4 is 0 Å². The molecule has 4 heteroatoms. The molecule has 0 saturated heterocycles. The Morgan fingerprint density at radius 1 is 0.520 bits per heavy atom. The van der Waals surface area contributed by atoms with Crippen LogP contribution >= 0.6 is 0 Å². The molecule has 3 heterocycles. The Morgan fingerprint density at radius 2 is 1.12 bits per heavy atom. The Labute approximate surface area is 287 Å². The van der Waals surface area contributed by atoms with E-state index in [2.05, 4.69) is 156 Å². The molecule has 0 bridgehead atoms. The van der Waals surface area contributed by atoms with Gasteiger partial charge in [-0.1, -0.05) is 80.6 Å². The summed E-state index contributed by atoms with van der Waals surface area (Å²) in [6.45, 7) is 4.73. The van der Waals surface area contributed by atoms with Crippen LogP contribution in [0.2, 0.25) is 0 Å². The van der Waals surface area contributed by atoms with Crippen molar-refractivity contribution >= 4 is 65.6 Å². The summed E-state index contributed by atoms with van der Waals surface area (Å²) in [6.07, 6.45) is 0. The summed E-state index contributed by atoms with van der Waals surface area (Å²) in [7, 11) is 0. The zero-order valence-electron chi connectivity index (χ0n) is 27.5. The number of hydrogen-bond donors (Lipinski definition) is 0. The molecule has 0 N–H and O–H groups in total. The smallest absolute Gasteiger partial charge is 0.135 e. The van der Waals surface area contributed by atoms with Gasteiger partial charge in [-0.15, -0.1) is 0 Å². The van der Waals surface area contributed by atoms with Gasteiger partial charge in [0.1, 0.15) is 11.2 Å². The minimum atomic E-state index is -0.121. The van der Waals surface area contributed by atoms with Crippen molar-refractivity contribution in [3.8, 4) is 28.6 Å². The molecule has 4 nitrogen and oxygen atoms in total. The van der Waals surface area contributed by atoms with Gasteiger partial charge in [-0.3, -0.25) is 0 Å². The summed E-state index contributed by atoms with van der Waals surface area (Å²) < 4.78 is 11.2. The molecule has 0 atom stereocenters. The van der Waals surface area contributed by atoms with Gasteiger partial charge in [-0.2, -0.15) is 5.26 Å². The van der Waals surface area contributed by atoms with Gasteiger partial charge >= 0.3 is 0 Å². The molecule has 0 radical (unpaired) electrons. The fourth-order valence-corrected chi connectivity index (χ4v) is 8.96. The molecule has 10 aromatic rings. The largest absolute Gasteiger partial charge is 0.456 e. The van der Waals surface area contributed by atoms with Crippen LogP contribution in [0.4, 0.5) is 0 Å². The number of para-hydroxylation sites is 2. The first-order valence-corrected chi connectivity index (χ1v) is 17.1. The topological polar surface area (TPSA) is 46.8 Å². The molecule has 234 valence electrons. The fraction of sp³-hybridized carbons (Fsp3) is 0.0652. The lowest BCUT2D eigenvalue weighted by Gasteiger charge is -2.22. The number of benzene rings is 7. The van der Waals surface area contributed by atoms with Gasteiger partial charge in [-0.05, 0) is 95.1 Å². The molecule has 0 amide bonds. The van der Waals surface area contributed by atoms with Crippen LogP contribution in [0.15, 0.2) is 144 Å². The summed E-state index contributed by atoms with van der Waals surface area (Å²) in [5, 5.41) is 16.6. The van der Waals surface area contributed by atoms with Crippen LogP contribution in [0.3, 0.4) is 0 Å². The van der Waals surface area contributed by atoms with Crippen molar-refractivity contribution in [2.45, 2.75) is 19.3 Å². The number of hydrogen-bond acceptors (Lipinski definition) is 2. The van der Waals surface area contributed by atoms with Gasteiger partial charge < -0.3 is 13.6 Å². The minimum Gasteiger partial charge on any atom is -0.456 e. The van der Waals surface area contributed by atoms with Crippen molar-refractivity contribution < 1.29 is 4.42 Å². The maximum absolute atomic E-state index is 9.63. The van der Waals surface area contributed by atoms with Crippen LogP contribution in [-0.4, -0.2) is 9.13 Å². The molecule has 1 aliphatic carbocycles. The molecule has 0 saturated carbocycles. The van der Waals surface area contributed by atoms with Crippen LogP contribution in [-0.2, 0) is 5.41 Å². The van der Waals surface area contributed by atoms with Crippen LogP contribution in [0.25, 0.3) is 88.1 Å². The predicted molar refractivity (Wildman–Crippen MR) is 205 cm³/mol. The number of rotatable bonds is 2. The van der Waals surface area contributed by atoms with Crippen molar-refractivity contribution in [1.82, 2.24) is 9.13 Å². The maximum atomic E-state index is 9.63. The Balaban J connectivity index is 1.16. The van der Waals surface area contributed by atoms with E-state index in [1.807, 2.05) is 12.1 Å². The molecular weight excluding hydrogens is 611 g/mol. The third-order valence-electron chi connectivity index (χ3n) is 11.1. The average molecular weight is 640 g/mol. The summed E-state index contributed by atoms with van der Waals surface area (Å²) in [5.74, 6) is 0. The summed E-state index contributed by atoms with van der Waals surface area (Å²) in [5.41, 5.74) is 14.4. The molecule has 1 aliphatic rings. The quantitative estimate of drug-likeness (QED) is 0.189. The van der Waals surface area contributed by atoms with E-state index in [1.54, 1.807) is 0 Å². The minimum absolute atomic E-state index is 0.121. The van der Waals surface area contributed by atoms with Gasteiger partial charge in [0.15, 0.2) is 0 Å². The highest BCUT2D eigenvalue weighted by atomic mass is 16.3. The molecule has 0 unspecified atom stereocenters. The fourth-order valence-electron chi connectivity index (χ4n) is 8.96. The monoisotopic (exact) mass is 639 g/mol. The van der Waals surface area contributed by atoms with E-state index in [9.17, 15) is 5.26 Å². The first-order chi connectivity index (χ1) is 24.5. The average Bonchev–Trinajstić information content (AvgIpc) is 3.86. The molecule has 3 aromatic heterocycles. The highest BCUT2D eigenvalue weighted by Crippen LogP contribution is 2.53. The van der Waals surface area contributed by atoms with Crippen molar-refractivity contribution in [2.75, 3.05) is 0 Å². The van der Waals surface area contributed by atoms with Crippen LogP contribution in [0.1, 0.15) is 30.5 Å². The normalized spacial score (nSPS) is 13.5. The third-order valence-corrected chi connectivity index (χ3v) is 11.1. The molecule has 0 fully saturated rings. The van der Waals surface area contributed by atoms with E-state index in [1.165, 1.54) is 44.1 Å².